The van der Waals surface area contributed by atoms with Gasteiger partial charge >= 0.3 is 0 Å². The van der Waals surface area contributed by atoms with Gasteiger partial charge in [0.05, 0.1) is 5.41 Å². The lowest BCUT2D eigenvalue weighted by Crippen LogP contribution is -2.32. The summed E-state index contributed by atoms with van der Waals surface area (Å²) in [5.41, 5.74) is 13.9. The molecule has 2 aliphatic rings. The van der Waals surface area contributed by atoms with Crippen LogP contribution in [0.5, 0.6) is 11.5 Å². The first kappa shape index (κ1) is 38.2. The van der Waals surface area contributed by atoms with Gasteiger partial charge in [-0.05, 0) is 142 Å². The van der Waals surface area contributed by atoms with E-state index in [9.17, 15) is 4.39 Å². The Hall–Kier alpha value is -7.47. The maximum Gasteiger partial charge on any atom is 0.132 e. The van der Waals surface area contributed by atoms with Gasteiger partial charge in [0.1, 0.15) is 17.3 Å². The van der Waals surface area contributed by atoms with Crippen molar-refractivity contribution in [3.8, 4) is 22.6 Å². The van der Waals surface area contributed by atoms with Crippen molar-refractivity contribution < 1.29 is 9.13 Å². The molecule has 3 nitrogen and oxygen atoms in total. The van der Waals surface area contributed by atoms with Crippen LogP contribution in [-0.2, 0) is 10.8 Å². The van der Waals surface area contributed by atoms with Crippen molar-refractivity contribution in [2.45, 2.75) is 31.6 Å². The molecule has 308 valence electrons. The molecule has 0 bridgehead atoms. The number of fused-ring (bicyclic) bond motifs is 12. The van der Waals surface area contributed by atoms with Crippen molar-refractivity contribution in [3.63, 3.8) is 0 Å². The molecule has 0 saturated carbocycles. The number of anilines is 6. The van der Waals surface area contributed by atoms with Gasteiger partial charge in [0.25, 0.3) is 0 Å². The van der Waals surface area contributed by atoms with Crippen molar-refractivity contribution in [1.82, 2.24) is 0 Å². The molecule has 0 unspecified atom stereocenters. The van der Waals surface area contributed by atoms with E-state index in [4.69, 9.17) is 4.74 Å². The molecule has 0 fully saturated rings. The molecule has 0 saturated heterocycles. The monoisotopic (exact) mass is 846 g/mol. The molecular weight excluding hydrogens is 804 g/mol. The number of thiophene rings is 1. The van der Waals surface area contributed by atoms with E-state index >= 15 is 0 Å². The molecule has 0 amide bonds. The molecule has 0 atom stereocenters. The second-order valence-corrected chi connectivity index (χ2v) is 18.9. The minimum atomic E-state index is -0.550. The molecule has 1 aliphatic heterocycles. The lowest BCUT2D eigenvalue weighted by molar-refractivity contribution is 0.436. The lowest BCUT2D eigenvalue weighted by atomic mass is 9.66. The van der Waals surface area contributed by atoms with E-state index in [2.05, 4.69) is 213 Å². The van der Waals surface area contributed by atoms with Gasteiger partial charge in [0.2, 0.25) is 0 Å². The predicted octanol–water partition coefficient (Wildman–Crippen LogP) is 16.9. The summed E-state index contributed by atoms with van der Waals surface area (Å²) in [5.74, 6) is 1.50. The van der Waals surface area contributed by atoms with Gasteiger partial charge in [-0.25, -0.2) is 4.39 Å². The fourth-order valence-electron chi connectivity index (χ4n) is 10.2. The molecule has 1 aliphatic carbocycles. The minimum absolute atomic E-state index is 0.0165. The molecule has 5 heteroatoms. The predicted molar refractivity (Wildman–Crippen MR) is 265 cm³/mol. The van der Waals surface area contributed by atoms with E-state index in [1.807, 2.05) is 23.5 Å². The topological polar surface area (TPSA) is 15.7 Å². The van der Waals surface area contributed by atoms with Crippen LogP contribution in [0.25, 0.3) is 31.3 Å². The summed E-state index contributed by atoms with van der Waals surface area (Å²) < 4.78 is 23.5. The van der Waals surface area contributed by atoms with Gasteiger partial charge in [0.15, 0.2) is 0 Å². The molecule has 0 N–H and O–H groups in total. The molecule has 1 aromatic heterocycles. The number of halogens is 1. The van der Waals surface area contributed by atoms with Crippen LogP contribution >= 0.6 is 11.3 Å². The van der Waals surface area contributed by atoms with Crippen molar-refractivity contribution >= 4 is 65.6 Å². The zero-order valence-corrected chi connectivity index (χ0v) is 36.5. The second kappa shape index (κ2) is 14.5. The number of nitrogens with zero attached hydrogens (tertiary/aromatic N) is 2. The zero-order valence-electron chi connectivity index (χ0n) is 35.7. The summed E-state index contributed by atoms with van der Waals surface area (Å²) in [5, 5.41) is 2.50. The average molecular weight is 847 g/mol. The summed E-state index contributed by atoms with van der Waals surface area (Å²) in [6, 6.07) is 72.7. The number of hydrogen-bond acceptors (Lipinski definition) is 4. The third kappa shape index (κ3) is 5.92. The Kier molecular flexibility index (Phi) is 8.69. The maximum atomic E-state index is 14.3. The van der Waals surface area contributed by atoms with Gasteiger partial charge in [-0.1, -0.05) is 118 Å². The fraction of sp³-hybridized carbons (Fsp3) is 0.0847. The number of benzene rings is 9. The SMILES string of the molecule is CC(C)(C)c1ccc(N(c2ccc(F)cc2)c2ccc(N(c3ccc4c(c3)-c3ccccc3C43c4ccccc4Oc4ccccc43)c3ccc4sc5ccccc5c4c3)cc2)cc1. The quantitative estimate of drug-likeness (QED) is 0.166. The Morgan fingerprint density at radius 1 is 0.422 bits per heavy atom. The molecule has 1 spiro atoms. The second-order valence-electron chi connectivity index (χ2n) is 17.9. The van der Waals surface area contributed by atoms with Gasteiger partial charge < -0.3 is 14.5 Å². The smallest absolute Gasteiger partial charge is 0.132 e. The van der Waals surface area contributed by atoms with Crippen LogP contribution in [0.3, 0.4) is 0 Å². The van der Waals surface area contributed by atoms with Crippen LogP contribution in [-0.4, -0.2) is 0 Å². The van der Waals surface area contributed by atoms with Crippen molar-refractivity contribution in [1.29, 1.82) is 0 Å². The van der Waals surface area contributed by atoms with Crippen LogP contribution in [0.2, 0.25) is 0 Å². The maximum absolute atomic E-state index is 14.3. The normalized spacial score (nSPS) is 13.2. The standard InChI is InChI=1S/C59H43FN2OS/c1-58(2,3)38-20-24-40(25-21-38)61(41-26-22-39(60)23-27-41)42-28-30-43(31-29-42)62(45-33-35-57-49(37-45)47-13-5-11-19-56(47)64-57)44-32-34-51-48(36-44)46-12-4-6-14-50(46)59(51)52-15-7-9-17-54(52)63-55-18-10-8-16-53(55)59/h4-37H,1-3H3. The van der Waals surface area contributed by atoms with E-state index in [0.29, 0.717) is 0 Å². The van der Waals surface area contributed by atoms with Crippen LogP contribution in [0, 0.1) is 5.82 Å². The number of hydrogen-bond donors (Lipinski definition) is 0. The Bertz CT molecular complexity index is 3370. The third-order valence-electron chi connectivity index (χ3n) is 13.1. The minimum Gasteiger partial charge on any atom is -0.457 e. The van der Waals surface area contributed by atoms with E-state index < -0.39 is 5.41 Å². The molecule has 0 radical (unpaired) electrons. The molecule has 2 heterocycles. The van der Waals surface area contributed by atoms with Gasteiger partial charge in [-0.15, -0.1) is 11.3 Å². The zero-order chi connectivity index (χ0) is 43.2. The van der Waals surface area contributed by atoms with Crippen LogP contribution < -0.4 is 14.5 Å². The van der Waals surface area contributed by atoms with Crippen molar-refractivity contribution in [3.05, 3.63) is 240 Å². The van der Waals surface area contributed by atoms with Crippen LogP contribution in [0.15, 0.2) is 206 Å². The third-order valence-corrected chi connectivity index (χ3v) is 14.3. The van der Waals surface area contributed by atoms with E-state index in [1.165, 1.54) is 60.1 Å². The summed E-state index contributed by atoms with van der Waals surface area (Å²) in [6.07, 6.45) is 0. The summed E-state index contributed by atoms with van der Waals surface area (Å²) >= 11 is 1.83. The van der Waals surface area contributed by atoms with Gasteiger partial charge in [-0.2, -0.15) is 0 Å². The van der Waals surface area contributed by atoms with Crippen LogP contribution in [0.4, 0.5) is 38.5 Å². The average Bonchev–Trinajstić information content (AvgIpc) is 3.84. The summed E-state index contributed by atoms with van der Waals surface area (Å²) in [4.78, 5) is 4.58. The first-order valence-electron chi connectivity index (χ1n) is 21.8. The van der Waals surface area contributed by atoms with E-state index in [0.717, 1.165) is 56.8 Å². The number of rotatable bonds is 6. The van der Waals surface area contributed by atoms with E-state index in [1.54, 1.807) is 0 Å². The molecule has 64 heavy (non-hydrogen) atoms. The van der Waals surface area contributed by atoms with Crippen molar-refractivity contribution in [2.75, 3.05) is 9.80 Å². The van der Waals surface area contributed by atoms with Gasteiger partial charge in [0, 0.05) is 65.4 Å². The molecular formula is C59H43FN2OS. The highest BCUT2D eigenvalue weighted by molar-refractivity contribution is 7.25. The Balaban J connectivity index is 1.04. The number of ether oxygens (including phenoxy) is 1. The Morgan fingerprint density at radius 3 is 1.55 bits per heavy atom. The molecule has 10 aromatic rings. The van der Waals surface area contributed by atoms with E-state index in [-0.39, 0.29) is 11.2 Å². The Labute approximate surface area is 376 Å². The highest BCUT2D eigenvalue weighted by Crippen LogP contribution is 2.62. The largest absolute Gasteiger partial charge is 0.457 e. The highest BCUT2D eigenvalue weighted by atomic mass is 32.1. The molecule has 12 rings (SSSR count). The summed E-state index contributed by atoms with van der Waals surface area (Å²) in [7, 11) is 0. The first-order chi connectivity index (χ1) is 31.3. The van der Waals surface area contributed by atoms with Gasteiger partial charge in [-0.3, -0.25) is 0 Å². The van der Waals surface area contributed by atoms with Crippen molar-refractivity contribution in [2.24, 2.45) is 0 Å². The summed E-state index contributed by atoms with van der Waals surface area (Å²) in [6.45, 7) is 6.68. The first-order valence-corrected chi connectivity index (χ1v) is 22.7. The lowest BCUT2D eigenvalue weighted by Gasteiger charge is -2.39. The molecule has 9 aromatic carbocycles. The highest BCUT2D eigenvalue weighted by Gasteiger charge is 2.51. The fourth-order valence-corrected chi connectivity index (χ4v) is 11.3. The Morgan fingerprint density at radius 2 is 0.891 bits per heavy atom. The number of para-hydroxylation sites is 2. The van der Waals surface area contributed by atoms with Crippen LogP contribution in [0.1, 0.15) is 48.6 Å².